The lowest BCUT2D eigenvalue weighted by Gasteiger charge is -2.26. The van der Waals surface area contributed by atoms with Gasteiger partial charge in [0, 0.05) is 36.7 Å². The topological polar surface area (TPSA) is 71.4 Å². The third-order valence-electron chi connectivity index (χ3n) is 5.22. The van der Waals surface area contributed by atoms with Gasteiger partial charge in [0.05, 0.1) is 4.90 Å². The summed E-state index contributed by atoms with van der Waals surface area (Å²) in [4.78, 5) is 12.8. The molecular weight excluding hydrogens is 362 g/mol. The molecule has 1 atom stereocenters. The van der Waals surface area contributed by atoms with E-state index in [2.05, 4.69) is 5.32 Å². The van der Waals surface area contributed by atoms with Crippen LogP contribution in [0.5, 0.6) is 0 Å². The Kier molecular flexibility index (Phi) is 6.22. The summed E-state index contributed by atoms with van der Waals surface area (Å²) in [5, 5.41) is 3.80. The molecule has 1 aromatic carbocycles. The number of carbonyl (C=O) groups excluding carboxylic acids is 1. The van der Waals surface area contributed by atoms with Gasteiger partial charge in [-0.3, -0.25) is 4.79 Å². The van der Waals surface area contributed by atoms with Gasteiger partial charge < -0.3 is 9.88 Å². The normalized spacial score (nSPS) is 17.1. The molecule has 6 nitrogen and oxygen atoms in total. The maximum atomic E-state index is 12.9. The number of rotatable bonds is 7. The number of hydrogen-bond donors (Lipinski definition) is 1. The van der Waals surface area contributed by atoms with Crippen molar-refractivity contribution < 1.29 is 13.2 Å². The zero-order valence-corrected chi connectivity index (χ0v) is 17.0. The van der Waals surface area contributed by atoms with Crippen LogP contribution in [0, 0.1) is 0 Å². The molecule has 0 bridgehead atoms. The van der Waals surface area contributed by atoms with E-state index >= 15 is 0 Å². The minimum Gasteiger partial charge on any atom is -0.354 e. The molecular formula is C20H29N3O3S. The van der Waals surface area contributed by atoms with E-state index in [0.29, 0.717) is 31.0 Å². The van der Waals surface area contributed by atoms with Gasteiger partial charge in [0.25, 0.3) is 0 Å². The predicted octanol–water partition coefficient (Wildman–Crippen LogP) is 3.29. The molecule has 7 heteroatoms. The Hall–Kier alpha value is -1.86. The molecule has 3 rings (SSSR count). The van der Waals surface area contributed by atoms with Crippen molar-refractivity contribution in [1.29, 1.82) is 0 Å². The minimum absolute atomic E-state index is 0.00173. The fraction of sp³-hybridized carbons (Fsp3) is 0.550. The molecule has 1 fully saturated rings. The summed E-state index contributed by atoms with van der Waals surface area (Å²) < 4.78 is 29.3. The van der Waals surface area contributed by atoms with Crippen molar-refractivity contribution in [2.24, 2.45) is 0 Å². The van der Waals surface area contributed by atoms with Crippen LogP contribution < -0.4 is 5.32 Å². The molecule has 1 aliphatic heterocycles. The third-order valence-corrected chi connectivity index (χ3v) is 7.11. The Morgan fingerprint density at radius 3 is 2.56 bits per heavy atom. The highest BCUT2D eigenvalue weighted by atomic mass is 32.2. The fourth-order valence-electron chi connectivity index (χ4n) is 3.70. The highest BCUT2D eigenvalue weighted by Crippen LogP contribution is 2.27. The summed E-state index contributed by atoms with van der Waals surface area (Å²) in [6.07, 6.45) is 6.37. The largest absolute Gasteiger partial charge is 0.354 e. The maximum Gasteiger partial charge on any atom is 0.243 e. The van der Waals surface area contributed by atoms with E-state index in [1.165, 1.54) is 0 Å². The Morgan fingerprint density at radius 2 is 1.89 bits per heavy atom. The number of amides is 1. The smallest absolute Gasteiger partial charge is 0.243 e. The van der Waals surface area contributed by atoms with Gasteiger partial charge in [-0.05, 0) is 49.9 Å². The van der Waals surface area contributed by atoms with Crippen molar-refractivity contribution in [2.45, 2.75) is 56.9 Å². The molecule has 27 heavy (non-hydrogen) atoms. The van der Waals surface area contributed by atoms with Crippen molar-refractivity contribution in [2.75, 3.05) is 19.6 Å². The van der Waals surface area contributed by atoms with Crippen LogP contribution >= 0.6 is 0 Å². The Balaban J connectivity index is 1.91. The van der Waals surface area contributed by atoms with Gasteiger partial charge >= 0.3 is 0 Å². The summed E-state index contributed by atoms with van der Waals surface area (Å²) in [5.41, 5.74) is 0.881. The molecule has 0 spiro atoms. The lowest BCUT2D eigenvalue weighted by Crippen LogP contribution is -2.35. The number of carbonyl (C=O) groups is 1. The summed E-state index contributed by atoms with van der Waals surface area (Å²) in [7, 11) is -3.45. The quantitative estimate of drug-likeness (QED) is 0.787. The second-order valence-electron chi connectivity index (χ2n) is 7.12. The number of aromatic nitrogens is 1. The zero-order chi connectivity index (χ0) is 19.4. The van der Waals surface area contributed by atoms with Crippen LogP contribution in [0.3, 0.4) is 0 Å². The van der Waals surface area contributed by atoms with Gasteiger partial charge in [-0.2, -0.15) is 4.31 Å². The van der Waals surface area contributed by atoms with Gasteiger partial charge in [-0.1, -0.05) is 20.3 Å². The van der Waals surface area contributed by atoms with Gasteiger partial charge in [-0.15, -0.1) is 0 Å². The van der Waals surface area contributed by atoms with Gasteiger partial charge in [-0.25, -0.2) is 8.42 Å². The van der Waals surface area contributed by atoms with Gasteiger partial charge in [0.2, 0.25) is 15.9 Å². The first-order valence-corrected chi connectivity index (χ1v) is 11.3. The van der Waals surface area contributed by atoms with Crippen molar-refractivity contribution in [1.82, 2.24) is 14.2 Å². The molecule has 2 heterocycles. The molecule has 1 amide bonds. The van der Waals surface area contributed by atoms with Crippen LogP contribution in [0.25, 0.3) is 10.9 Å². The molecule has 2 aromatic rings. The number of hydrogen-bond acceptors (Lipinski definition) is 3. The molecule has 0 unspecified atom stereocenters. The Labute approximate surface area is 161 Å². The second-order valence-corrected chi connectivity index (χ2v) is 9.06. The number of nitrogens with one attached hydrogen (secondary N) is 1. The van der Waals surface area contributed by atoms with Crippen LogP contribution in [-0.4, -0.2) is 42.8 Å². The highest BCUT2D eigenvalue weighted by Gasteiger charge is 2.27. The van der Waals surface area contributed by atoms with E-state index in [1.54, 1.807) is 16.4 Å². The van der Waals surface area contributed by atoms with Crippen LogP contribution in [0.2, 0.25) is 0 Å². The van der Waals surface area contributed by atoms with E-state index in [-0.39, 0.29) is 11.9 Å². The number of nitrogens with zero attached hydrogens (tertiary/aromatic N) is 2. The lowest BCUT2D eigenvalue weighted by atomic mass is 10.2. The van der Waals surface area contributed by atoms with Crippen LogP contribution in [0.15, 0.2) is 35.4 Å². The van der Waals surface area contributed by atoms with Crippen molar-refractivity contribution >= 4 is 26.8 Å². The summed E-state index contributed by atoms with van der Waals surface area (Å²) in [6.45, 7) is 5.86. The average molecular weight is 392 g/mol. The van der Waals surface area contributed by atoms with Crippen LogP contribution in [0.1, 0.15) is 52.0 Å². The fourth-order valence-corrected chi connectivity index (χ4v) is 5.26. The molecule has 148 valence electrons. The molecule has 1 saturated heterocycles. The molecule has 1 aliphatic rings. The van der Waals surface area contributed by atoms with Gasteiger partial charge in [0.15, 0.2) is 0 Å². The van der Waals surface area contributed by atoms with Crippen molar-refractivity contribution in [3.8, 4) is 0 Å². The molecule has 0 radical (unpaired) electrons. The van der Waals surface area contributed by atoms with Crippen LogP contribution in [-0.2, 0) is 14.8 Å². The monoisotopic (exact) mass is 391 g/mol. The number of sulfonamides is 1. The second kappa shape index (κ2) is 8.44. The molecule has 0 aliphatic carbocycles. The zero-order valence-electron chi connectivity index (χ0n) is 16.1. The summed E-state index contributed by atoms with van der Waals surface area (Å²) >= 11 is 0. The molecule has 0 saturated carbocycles. The van der Waals surface area contributed by atoms with Crippen LogP contribution in [0.4, 0.5) is 0 Å². The van der Waals surface area contributed by atoms with Crippen molar-refractivity contribution in [3.05, 3.63) is 30.5 Å². The third kappa shape index (κ3) is 4.04. The summed E-state index contributed by atoms with van der Waals surface area (Å²) in [6, 6.07) is 6.81. The van der Waals surface area contributed by atoms with E-state index < -0.39 is 10.0 Å². The maximum absolute atomic E-state index is 12.9. The Morgan fingerprint density at radius 1 is 1.15 bits per heavy atom. The van der Waals surface area contributed by atoms with Crippen molar-refractivity contribution in [3.63, 3.8) is 0 Å². The van der Waals surface area contributed by atoms with Gasteiger partial charge in [0.1, 0.15) is 6.04 Å². The standard InChI is InChI=1S/C20H29N3O3S/c1-3-11-21-20(24)18(4-2)23-14-10-16-15-17(8-9-19(16)23)27(25,26)22-12-6-5-7-13-22/h8-10,14-15,18H,3-7,11-13H2,1-2H3,(H,21,24)/t18-/m1/s1. The SMILES string of the molecule is CCCNC(=O)[C@@H](CC)n1ccc2cc(S(=O)(=O)N3CCCCC3)ccc21. The van der Waals surface area contributed by atoms with E-state index in [9.17, 15) is 13.2 Å². The minimum atomic E-state index is -3.45. The Bertz CT molecular complexity index is 898. The molecule has 1 aromatic heterocycles. The summed E-state index contributed by atoms with van der Waals surface area (Å²) in [5.74, 6) is 0.00173. The van der Waals surface area contributed by atoms with E-state index in [0.717, 1.165) is 36.6 Å². The highest BCUT2D eigenvalue weighted by molar-refractivity contribution is 7.89. The number of benzene rings is 1. The number of fused-ring (bicyclic) bond motifs is 1. The van der Waals surface area contributed by atoms with E-state index in [1.807, 2.05) is 36.7 Å². The lowest BCUT2D eigenvalue weighted by molar-refractivity contribution is -0.124. The predicted molar refractivity (Wildman–Crippen MR) is 107 cm³/mol. The molecule has 1 N–H and O–H groups in total. The average Bonchev–Trinajstić information content (AvgIpc) is 3.10. The number of piperidine rings is 1. The van der Waals surface area contributed by atoms with E-state index in [4.69, 9.17) is 0 Å². The first-order chi connectivity index (χ1) is 13.0. The first-order valence-electron chi connectivity index (χ1n) is 9.87. The first kappa shape index (κ1) is 19.9.